The number of sulfonamides is 1. The Kier molecular flexibility index (Phi) is 5.01. The van der Waals surface area contributed by atoms with Crippen molar-refractivity contribution in [1.29, 1.82) is 0 Å². The van der Waals surface area contributed by atoms with E-state index in [-0.39, 0.29) is 11.6 Å². The summed E-state index contributed by atoms with van der Waals surface area (Å²) in [5, 5.41) is 0.411. The summed E-state index contributed by atoms with van der Waals surface area (Å²) in [6, 6.07) is 4.63. The smallest absolute Gasteiger partial charge is 0.213 e. The van der Waals surface area contributed by atoms with Crippen LogP contribution in [0.4, 0.5) is 4.39 Å². The van der Waals surface area contributed by atoms with Crippen molar-refractivity contribution in [3.8, 4) is 0 Å². The van der Waals surface area contributed by atoms with Crippen molar-refractivity contribution < 1.29 is 12.8 Å². The van der Waals surface area contributed by atoms with E-state index in [9.17, 15) is 12.8 Å². The molecule has 20 heavy (non-hydrogen) atoms. The molecule has 0 aromatic heterocycles. The Morgan fingerprint density at radius 1 is 1.25 bits per heavy atom. The van der Waals surface area contributed by atoms with Gasteiger partial charge in [0, 0.05) is 43.3 Å². The van der Waals surface area contributed by atoms with Crippen LogP contribution in [-0.2, 0) is 16.6 Å². The van der Waals surface area contributed by atoms with Crippen molar-refractivity contribution in [3.05, 3.63) is 34.6 Å². The van der Waals surface area contributed by atoms with Gasteiger partial charge in [0.05, 0.1) is 5.75 Å². The average Bonchev–Trinajstić information content (AvgIpc) is 2.43. The van der Waals surface area contributed by atoms with E-state index >= 15 is 0 Å². The number of hydrogen-bond donors (Lipinski definition) is 0. The van der Waals surface area contributed by atoms with Crippen molar-refractivity contribution in [2.45, 2.75) is 13.5 Å². The molecule has 0 saturated carbocycles. The van der Waals surface area contributed by atoms with Gasteiger partial charge in [-0.15, -0.1) is 0 Å². The van der Waals surface area contributed by atoms with Crippen LogP contribution in [0.1, 0.15) is 12.5 Å². The molecule has 0 bridgehead atoms. The monoisotopic (exact) mass is 320 g/mol. The number of nitrogens with zero attached hydrogens (tertiary/aromatic N) is 2. The summed E-state index contributed by atoms with van der Waals surface area (Å²) < 4.78 is 38.7. The van der Waals surface area contributed by atoms with Crippen molar-refractivity contribution in [1.82, 2.24) is 9.21 Å². The van der Waals surface area contributed by atoms with E-state index in [1.807, 2.05) is 4.90 Å². The summed E-state index contributed by atoms with van der Waals surface area (Å²) in [5.41, 5.74) is 0.473. The second kappa shape index (κ2) is 6.39. The number of rotatable bonds is 4. The summed E-state index contributed by atoms with van der Waals surface area (Å²) in [6.07, 6.45) is 0. The molecule has 2 rings (SSSR count). The molecule has 1 saturated heterocycles. The van der Waals surface area contributed by atoms with Gasteiger partial charge in [0.25, 0.3) is 0 Å². The quantitative estimate of drug-likeness (QED) is 0.851. The molecule has 112 valence electrons. The number of halogens is 2. The van der Waals surface area contributed by atoms with E-state index in [2.05, 4.69) is 0 Å². The predicted octanol–water partition coefficient (Wildman–Crippen LogP) is 1.95. The van der Waals surface area contributed by atoms with Crippen LogP contribution < -0.4 is 0 Å². The lowest BCUT2D eigenvalue weighted by molar-refractivity contribution is 0.180. The van der Waals surface area contributed by atoms with E-state index in [0.29, 0.717) is 43.3 Å². The Bertz CT molecular complexity index is 551. The summed E-state index contributed by atoms with van der Waals surface area (Å²) in [6.45, 7) is 4.12. The Labute approximate surface area is 124 Å². The lowest BCUT2D eigenvalue weighted by Gasteiger charge is -2.33. The summed E-state index contributed by atoms with van der Waals surface area (Å²) >= 11 is 6.00. The first kappa shape index (κ1) is 15.7. The zero-order valence-electron chi connectivity index (χ0n) is 11.3. The van der Waals surface area contributed by atoms with Gasteiger partial charge in [-0.05, 0) is 19.1 Å². The number of piperazine rings is 1. The molecule has 0 unspecified atom stereocenters. The highest BCUT2D eigenvalue weighted by atomic mass is 35.5. The summed E-state index contributed by atoms with van der Waals surface area (Å²) in [4.78, 5) is 2.02. The maximum absolute atomic E-state index is 13.7. The van der Waals surface area contributed by atoms with Gasteiger partial charge in [-0.25, -0.2) is 12.8 Å². The van der Waals surface area contributed by atoms with Crippen LogP contribution in [0.3, 0.4) is 0 Å². The number of benzene rings is 1. The summed E-state index contributed by atoms with van der Waals surface area (Å²) in [7, 11) is -3.13. The zero-order chi connectivity index (χ0) is 14.8. The van der Waals surface area contributed by atoms with Crippen molar-refractivity contribution >= 4 is 21.6 Å². The maximum Gasteiger partial charge on any atom is 0.213 e. The molecule has 1 aliphatic rings. The number of hydrogen-bond acceptors (Lipinski definition) is 3. The van der Waals surface area contributed by atoms with E-state index in [1.54, 1.807) is 19.1 Å². The third kappa shape index (κ3) is 3.49. The molecular weight excluding hydrogens is 303 g/mol. The van der Waals surface area contributed by atoms with Crippen molar-refractivity contribution in [2.75, 3.05) is 31.9 Å². The molecule has 1 fully saturated rings. The van der Waals surface area contributed by atoms with Crippen LogP contribution in [0.25, 0.3) is 0 Å². The Hall–Kier alpha value is -0.690. The minimum absolute atomic E-state index is 0.117. The van der Waals surface area contributed by atoms with Crippen LogP contribution in [0, 0.1) is 5.82 Å². The minimum Gasteiger partial charge on any atom is -0.296 e. The van der Waals surface area contributed by atoms with E-state index in [0.717, 1.165) is 0 Å². The SMILES string of the molecule is CCS(=O)(=O)N1CCN(Cc2c(F)cccc2Cl)CC1. The molecule has 1 heterocycles. The Morgan fingerprint density at radius 2 is 1.90 bits per heavy atom. The first-order chi connectivity index (χ1) is 9.44. The fourth-order valence-corrected chi connectivity index (χ4v) is 3.56. The molecule has 0 amide bonds. The largest absolute Gasteiger partial charge is 0.296 e. The molecule has 1 aromatic rings. The maximum atomic E-state index is 13.7. The van der Waals surface area contributed by atoms with Gasteiger partial charge < -0.3 is 0 Å². The van der Waals surface area contributed by atoms with Crippen LogP contribution in [0.15, 0.2) is 18.2 Å². The fraction of sp³-hybridized carbons (Fsp3) is 0.538. The predicted molar refractivity (Wildman–Crippen MR) is 77.7 cm³/mol. The fourth-order valence-electron chi connectivity index (χ4n) is 2.26. The molecule has 7 heteroatoms. The van der Waals surface area contributed by atoms with Gasteiger partial charge in [-0.2, -0.15) is 4.31 Å². The Morgan fingerprint density at radius 3 is 2.45 bits per heavy atom. The van der Waals surface area contributed by atoms with E-state index in [1.165, 1.54) is 10.4 Å². The third-order valence-electron chi connectivity index (χ3n) is 3.53. The molecule has 0 N–H and O–H groups in total. The van der Waals surface area contributed by atoms with Crippen molar-refractivity contribution in [3.63, 3.8) is 0 Å². The highest BCUT2D eigenvalue weighted by molar-refractivity contribution is 7.89. The van der Waals surface area contributed by atoms with Crippen LogP contribution in [0.2, 0.25) is 5.02 Å². The first-order valence-electron chi connectivity index (χ1n) is 6.57. The second-order valence-corrected chi connectivity index (χ2v) is 7.44. The van der Waals surface area contributed by atoms with Gasteiger partial charge in [0.2, 0.25) is 10.0 Å². The zero-order valence-corrected chi connectivity index (χ0v) is 12.9. The highest BCUT2D eigenvalue weighted by Crippen LogP contribution is 2.21. The first-order valence-corrected chi connectivity index (χ1v) is 8.56. The minimum atomic E-state index is -3.13. The van der Waals surface area contributed by atoms with Gasteiger partial charge in [0.1, 0.15) is 5.82 Å². The van der Waals surface area contributed by atoms with E-state index < -0.39 is 10.0 Å². The van der Waals surface area contributed by atoms with Crippen LogP contribution in [-0.4, -0.2) is 49.6 Å². The second-order valence-electron chi connectivity index (χ2n) is 4.78. The molecule has 0 atom stereocenters. The topological polar surface area (TPSA) is 40.6 Å². The molecule has 0 aliphatic carbocycles. The molecule has 0 radical (unpaired) electrons. The van der Waals surface area contributed by atoms with E-state index in [4.69, 9.17) is 11.6 Å². The van der Waals surface area contributed by atoms with Crippen LogP contribution >= 0.6 is 11.6 Å². The Balaban J connectivity index is 1.99. The van der Waals surface area contributed by atoms with Gasteiger partial charge in [0.15, 0.2) is 0 Å². The molecule has 1 aromatic carbocycles. The molecule has 0 spiro atoms. The van der Waals surface area contributed by atoms with Gasteiger partial charge in [-0.3, -0.25) is 4.90 Å². The molecule has 4 nitrogen and oxygen atoms in total. The van der Waals surface area contributed by atoms with Crippen molar-refractivity contribution in [2.24, 2.45) is 0 Å². The lowest BCUT2D eigenvalue weighted by atomic mass is 10.2. The van der Waals surface area contributed by atoms with Crippen LogP contribution in [0.5, 0.6) is 0 Å². The normalized spacial score (nSPS) is 18.4. The van der Waals surface area contributed by atoms with Gasteiger partial charge in [-0.1, -0.05) is 17.7 Å². The highest BCUT2D eigenvalue weighted by Gasteiger charge is 2.26. The molecular formula is C13H18ClFN2O2S. The standard InChI is InChI=1S/C13H18ClFN2O2S/c1-2-20(18,19)17-8-6-16(7-9-17)10-11-12(14)4-3-5-13(11)15/h3-5H,2,6-10H2,1H3. The summed E-state index contributed by atoms with van der Waals surface area (Å²) in [5.74, 6) is -0.201. The lowest BCUT2D eigenvalue weighted by Crippen LogP contribution is -2.48. The third-order valence-corrected chi connectivity index (χ3v) is 5.77. The molecule has 1 aliphatic heterocycles. The van der Waals surface area contributed by atoms with Gasteiger partial charge >= 0.3 is 0 Å². The average molecular weight is 321 g/mol.